The second kappa shape index (κ2) is 3.64. The van der Waals surface area contributed by atoms with Gasteiger partial charge in [-0.3, -0.25) is 4.79 Å². The Bertz CT molecular complexity index is 350. The lowest BCUT2D eigenvalue weighted by Crippen LogP contribution is -2.27. The van der Waals surface area contributed by atoms with Crippen LogP contribution in [0.1, 0.15) is 10.4 Å². The van der Waals surface area contributed by atoms with E-state index < -0.39 is 0 Å². The molecule has 0 N–H and O–H groups in total. The van der Waals surface area contributed by atoms with Gasteiger partial charge in [-0.15, -0.1) is 11.3 Å². The van der Waals surface area contributed by atoms with Crippen molar-refractivity contribution in [3.63, 3.8) is 0 Å². The van der Waals surface area contributed by atoms with Crippen LogP contribution in [0.4, 0.5) is 0 Å². The van der Waals surface area contributed by atoms with Gasteiger partial charge in [-0.1, -0.05) is 12.2 Å². The summed E-state index contributed by atoms with van der Waals surface area (Å²) in [5, 5.41) is 1.88. The summed E-state index contributed by atoms with van der Waals surface area (Å²) in [5.74, 6) is 0.118. The molecule has 0 bridgehead atoms. The highest BCUT2D eigenvalue weighted by molar-refractivity contribution is 9.11. The van der Waals surface area contributed by atoms with Crippen molar-refractivity contribution in [1.29, 1.82) is 0 Å². The van der Waals surface area contributed by atoms with E-state index in [1.54, 1.807) is 11.3 Å². The number of carbonyl (C=O) groups is 1. The fourth-order valence-corrected chi connectivity index (χ4v) is 2.38. The summed E-state index contributed by atoms with van der Waals surface area (Å²) in [6, 6.07) is 1.87. The van der Waals surface area contributed by atoms with Crippen molar-refractivity contribution >= 4 is 33.2 Å². The second-order valence-corrected chi connectivity index (χ2v) is 5.11. The standard InChI is InChI=1S/C9H8BrNOS/c10-8-5-7(6-13-8)9(12)11-3-1-2-4-11/h1-2,5-6H,3-4H2. The number of carbonyl (C=O) groups excluding carboxylic acids is 1. The minimum atomic E-state index is 0.118. The van der Waals surface area contributed by atoms with Gasteiger partial charge in [0.15, 0.2) is 0 Å². The summed E-state index contributed by atoms with van der Waals surface area (Å²) in [7, 11) is 0. The van der Waals surface area contributed by atoms with E-state index in [0.717, 1.165) is 22.4 Å². The van der Waals surface area contributed by atoms with Crippen LogP contribution in [0.2, 0.25) is 0 Å². The number of amides is 1. The van der Waals surface area contributed by atoms with E-state index in [0.29, 0.717) is 0 Å². The molecule has 0 atom stereocenters. The topological polar surface area (TPSA) is 20.3 Å². The quantitative estimate of drug-likeness (QED) is 0.709. The van der Waals surface area contributed by atoms with Gasteiger partial charge in [0.05, 0.1) is 9.35 Å². The minimum absolute atomic E-state index is 0.118. The first-order chi connectivity index (χ1) is 6.27. The van der Waals surface area contributed by atoms with Crippen LogP contribution in [-0.4, -0.2) is 23.9 Å². The van der Waals surface area contributed by atoms with Crippen molar-refractivity contribution < 1.29 is 4.79 Å². The van der Waals surface area contributed by atoms with Gasteiger partial charge in [0.2, 0.25) is 0 Å². The van der Waals surface area contributed by atoms with Gasteiger partial charge in [-0.05, 0) is 22.0 Å². The Morgan fingerprint density at radius 3 is 2.69 bits per heavy atom. The number of hydrogen-bond donors (Lipinski definition) is 0. The van der Waals surface area contributed by atoms with E-state index in [9.17, 15) is 4.79 Å². The molecule has 0 unspecified atom stereocenters. The maximum Gasteiger partial charge on any atom is 0.255 e. The molecule has 0 spiro atoms. The lowest BCUT2D eigenvalue weighted by molar-refractivity contribution is 0.0800. The predicted molar refractivity (Wildman–Crippen MR) is 57.1 cm³/mol. The van der Waals surface area contributed by atoms with E-state index in [2.05, 4.69) is 15.9 Å². The highest BCUT2D eigenvalue weighted by Gasteiger charge is 2.16. The third-order valence-electron chi connectivity index (χ3n) is 1.92. The van der Waals surface area contributed by atoms with E-state index in [-0.39, 0.29) is 5.91 Å². The van der Waals surface area contributed by atoms with Gasteiger partial charge >= 0.3 is 0 Å². The first-order valence-electron chi connectivity index (χ1n) is 3.95. The second-order valence-electron chi connectivity index (χ2n) is 2.82. The van der Waals surface area contributed by atoms with Crippen molar-refractivity contribution in [2.24, 2.45) is 0 Å². The van der Waals surface area contributed by atoms with Crippen molar-refractivity contribution in [1.82, 2.24) is 4.90 Å². The molecule has 13 heavy (non-hydrogen) atoms. The van der Waals surface area contributed by atoms with Crippen molar-refractivity contribution in [3.8, 4) is 0 Å². The van der Waals surface area contributed by atoms with E-state index >= 15 is 0 Å². The molecule has 0 saturated heterocycles. The molecular formula is C9H8BrNOS. The Hall–Kier alpha value is -0.610. The Morgan fingerprint density at radius 2 is 2.15 bits per heavy atom. The number of thiophene rings is 1. The Morgan fingerprint density at radius 1 is 1.46 bits per heavy atom. The summed E-state index contributed by atoms with van der Waals surface area (Å²) < 4.78 is 1.00. The number of rotatable bonds is 1. The maximum atomic E-state index is 11.7. The van der Waals surface area contributed by atoms with Crippen LogP contribution in [0.25, 0.3) is 0 Å². The molecule has 1 aromatic heterocycles. The van der Waals surface area contributed by atoms with Gasteiger partial charge in [0.1, 0.15) is 0 Å². The summed E-state index contributed by atoms with van der Waals surface area (Å²) in [6.07, 6.45) is 4.03. The molecule has 4 heteroatoms. The van der Waals surface area contributed by atoms with Gasteiger partial charge in [0, 0.05) is 18.5 Å². The smallest absolute Gasteiger partial charge is 0.255 e. The molecule has 0 aliphatic carbocycles. The minimum Gasteiger partial charge on any atom is -0.331 e. The van der Waals surface area contributed by atoms with Gasteiger partial charge in [0.25, 0.3) is 5.91 Å². The number of hydrogen-bond acceptors (Lipinski definition) is 2. The van der Waals surface area contributed by atoms with Crippen molar-refractivity contribution in [3.05, 3.63) is 32.9 Å². The average Bonchev–Trinajstić information content (AvgIpc) is 2.72. The molecule has 2 nitrogen and oxygen atoms in total. The molecule has 0 aromatic carbocycles. The first-order valence-corrected chi connectivity index (χ1v) is 5.63. The molecule has 1 amide bonds. The lowest BCUT2D eigenvalue weighted by Gasteiger charge is -2.13. The molecule has 0 fully saturated rings. The van der Waals surface area contributed by atoms with E-state index in [4.69, 9.17) is 0 Å². The van der Waals surface area contributed by atoms with Crippen LogP contribution in [0.15, 0.2) is 27.4 Å². The van der Waals surface area contributed by atoms with Crippen LogP contribution >= 0.6 is 27.3 Å². The highest BCUT2D eigenvalue weighted by atomic mass is 79.9. The molecule has 0 saturated carbocycles. The maximum absolute atomic E-state index is 11.7. The fraction of sp³-hybridized carbons (Fsp3) is 0.222. The Labute approximate surface area is 89.0 Å². The summed E-state index contributed by atoms with van der Waals surface area (Å²) in [4.78, 5) is 13.5. The normalized spacial score (nSPS) is 15.3. The van der Waals surface area contributed by atoms with Crippen LogP contribution < -0.4 is 0 Å². The zero-order valence-corrected chi connectivity index (χ0v) is 9.27. The molecule has 68 valence electrons. The molecule has 1 aliphatic rings. The fourth-order valence-electron chi connectivity index (χ4n) is 1.25. The van der Waals surface area contributed by atoms with E-state index in [1.807, 2.05) is 28.5 Å². The molecule has 0 radical (unpaired) electrons. The third kappa shape index (κ3) is 1.84. The molecular weight excluding hydrogens is 250 g/mol. The van der Waals surface area contributed by atoms with Gasteiger partial charge in [-0.2, -0.15) is 0 Å². The zero-order valence-electron chi connectivity index (χ0n) is 6.87. The van der Waals surface area contributed by atoms with Gasteiger partial charge < -0.3 is 4.90 Å². The monoisotopic (exact) mass is 257 g/mol. The Kier molecular flexibility index (Phi) is 2.51. The number of halogens is 1. The summed E-state index contributed by atoms with van der Waals surface area (Å²) in [6.45, 7) is 1.48. The van der Waals surface area contributed by atoms with Crippen LogP contribution in [0.3, 0.4) is 0 Å². The first kappa shape index (κ1) is 8.97. The Balaban J connectivity index is 2.13. The average molecular weight is 258 g/mol. The zero-order chi connectivity index (χ0) is 9.26. The lowest BCUT2D eigenvalue weighted by atomic mass is 10.3. The van der Waals surface area contributed by atoms with Crippen molar-refractivity contribution in [2.75, 3.05) is 13.1 Å². The SMILES string of the molecule is O=C(c1csc(Br)c1)N1CC=CC1. The highest BCUT2D eigenvalue weighted by Crippen LogP contribution is 2.22. The van der Waals surface area contributed by atoms with Crippen LogP contribution in [0.5, 0.6) is 0 Å². The molecule has 1 aromatic rings. The molecule has 1 aliphatic heterocycles. The predicted octanol–water partition coefficient (Wildman–Crippen LogP) is 2.52. The summed E-state index contributed by atoms with van der Waals surface area (Å²) >= 11 is 4.88. The molecule has 2 heterocycles. The van der Waals surface area contributed by atoms with Gasteiger partial charge in [-0.25, -0.2) is 0 Å². The van der Waals surface area contributed by atoms with Crippen LogP contribution in [-0.2, 0) is 0 Å². The number of nitrogens with zero attached hydrogens (tertiary/aromatic N) is 1. The largest absolute Gasteiger partial charge is 0.331 e. The molecule has 2 rings (SSSR count). The third-order valence-corrected chi connectivity index (χ3v) is 3.42. The summed E-state index contributed by atoms with van der Waals surface area (Å²) in [5.41, 5.74) is 0.778. The van der Waals surface area contributed by atoms with Crippen LogP contribution in [0, 0.1) is 0 Å². The van der Waals surface area contributed by atoms with E-state index in [1.165, 1.54) is 0 Å². The van der Waals surface area contributed by atoms with Crippen molar-refractivity contribution in [2.45, 2.75) is 0 Å².